The first-order valence-corrected chi connectivity index (χ1v) is 12.8. The number of hydrogen-bond acceptors (Lipinski definition) is 5. The second kappa shape index (κ2) is 11.7. The van der Waals surface area contributed by atoms with Gasteiger partial charge in [0.2, 0.25) is 10.0 Å². The lowest BCUT2D eigenvalue weighted by Gasteiger charge is -2.34. The predicted octanol–water partition coefficient (Wildman–Crippen LogP) is 3.21. The molecule has 1 saturated heterocycles. The summed E-state index contributed by atoms with van der Waals surface area (Å²) in [5, 5.41) is 0. The van der Waals surface area contributed by atoms with Gasteiger partial charge >= 0.3 is 0 Å². The predicted molar refractivity (Wildman–Crippen MR) is 128 cm³/mol. The Kier molecular flexibility index (Phi) is 9.02. The summed E-state index contributed by atoms with van der Waals surface area (Å²) in [5.41, 5.74) is 1.70. The number of nitrogens with zero attached hydrogens (tertiary/aromatic N) is 2. The molecule has 0 aromatic heterocycles. The molecule has 0 radical (unpaired) electrons. The molecule has 2 aromatic carbocycles. The van der Waals surface area contributed by atoms with Crippen LogP contribution in [0.2, 0.25) is 0 Å². The molecule has 0 spiro atoms. The summed E-state index contributed by atoms with van der Waals surface area (Å²) < 4.78 is 38.4. The van der Waals surface area contributed by atoms with Gasteiger partial charge in [-0.05, 0) is 56.5 Å². The molecule has 2 atom stereocenters. The van der Waals surface area contributed by atoms with Crippen LogP contribution in [-0.4, -0.2) is 75.6 Å². The van der Waals surface area contributed by atoms with Gasteiger partial charge in [0.1, 0.15) is 0 Å². The van der Waals surface area contributed by atoms with Crippen molar-refractivity contribution in [2.75, 3.05) is 39.9 Å². The van der Waals surface area contributed by atoms with Crippen molar-refractivity contribution in [3.05, 3.63) is 65.7 Å². The first-order valence-electron chi connectivity index (χ1n) is 11.4. The summed E-state index contributed by atoms with van der Waals surface area (Å²) >= 11 is 0. The summed E-state index contributed by atoms with van der Waals surface area (Å²) in [6, 6.07) is 16.4. The zero-order valence-corrected chi connectivity index (χ0v) is 20.5. The smallest absolute Gasteiger partial charge is 0.253 e. The van der Waals surface area contributed by atoms with E-state index in [9.17, 15) is 13.2 Å². The summed E-state index contributed by atoms with van der Waals surface area (Å²) in [4.78, 5) is 15.1. The average molecular weight is 475 g/mol. The van der Waals surface area contributed by atoms with Crippen molar-refractivity contribution in [3.63, 3.8) is 0 Å². The van der Waals surface area contributed by atoms with Gasteiger partial charge in [-0.15, -0.1) is 0 Å². The summed E-state index contributed by atoms with van der Waals surface area (Å²) in [7, 11) is -2.03. The normalized spacial score (nSPS) is 19.4. The quantitative estimate of drug-likeness (QED) is 0.529. The van der Waals surface area contributed by atoms with Crippen LogP contribution in [-0.2, 0) is 25.9 Å². The number of rotatable bonds is 10. The fraction of sp³-hybridized carbons (Fsp3) is 0.480. The second-order valence-corrected chi connectivity index (χ2v) is 10.4. The number of aryl methyl sites for hydroxylation is 1. The Hall–Kier alpha value is -2.26. The maximum atomic E-state index is 13.1. The van der Waals surface area contributed by atoms with Crippen LogP contribution in [0, 0.1) is 0 Å². The third-order valence-electron chi connectivity index (χ3n) is 5.71. The van der Waals surface area contributed by atoms with Crippen molar-refractivity contribution < 1.29 is 22.7 Å². The van der Waals surface area contributed by atoms with Crippen LogP contribution in [0.25, 0.3) is 0 Å². The van der Waals surface area contributed by atoms with Gasteiger partial charge in [-0.1, -0.05) is 30.3 Å². The topological polar surface area (TPSA) is 76.2 Å². The van der Waals surface area contributed by atoms with E-state index in [1.807, 2.05) is 32.0 Å². The van der Waals surface area contributed by atoms with Gasteiger partial charge in [-0.2, -0.15) is 4.31 Å². The molecule has 1 aliphatic rings. The van der Waals surface area contributed by atoms with Crippen molar-refractivity contribution in [2.24, 2.45) is 0 Å². The summed E-state index contributed by atoms with van der Waals surface area (Å²) in [6.07, 6.45) is 1.40. The largest absolute Gasteiger partial charge is 0.383 e. The average Bonchev–Trinajstić information content (AvgIpc) is 2.81. The van der Waals surface area contributed by atoms with E-state index in [1.165, 1.54) is 22.0 Å². The van der Waals surface area contributed by atoms with Crippen molar-refractivity contribution in [2.45, 2.75) is 43.8 Å². The minimum atomic E-state index is -3.64. The van der Waals surface area contributed by atoms with Crippen LogP contribution >= 0.6 is 0 Å². The fourth-order valence-corrected chi connectivity index (χ4v) is 5.65. The van der Waals surface area contributed by atoms with Crippen LogP contribution in [0.5, 0.6) is 0 Å². The van der Waals surface area contributed by atoms with E-state index in [-0.39, 0.29) is 23.0 Å². The Balaban J connectivity index is 1.67. The molecule has 33 heavy (non-hydrogen) atoms. The highest BCUT2D eigenvalue weighted by Gasteiger charge is 2.32. The summed E-state index contributed by atoms with van der Waals surface area (Å²) in [6.45, 7) is 5.89. The lowest BCUT2D eigenvalue weighted by molar-refractivity contribution is -0.0440. The molecule has 2 aromatic rings. The number of sulfonamides is 1. The Bertz CT molecular complexity index is 985. The number of ether oxygens (including phenoxy) is 2. The van der Waals surface area contributed by atoms with Gasteiger partial charge in [0.25, 0.3) is 5.91 Å². The number of methoxy groups -OCH3 is 1. The van der Waals surface area contributed by atoms with Crippen molar-refractivity contribution in [1.29, 1.82) is 0 Å². The highest BCUT2D eigenvalue weighted by molar-refractivity contribution is 7.89. The van der Waals surface area contributed by atoms with Gasteiger partial charge in [-0.3, -0.25) is 4.79 Å². The molecule has 8 heteroatoms. The maximum absolute atomic E-state index is 13.1. The molecule has 1 amide bonds. The fourth-order valence-electron chi connectivity index (χ4n) is 4.06. The van der Waals surface area contributed by atoms with Gasteiger partial charge < -0.3 is 14.4 Å². The molecule has 3 rings (SSSR count). The Morgan fingerprint density at radius 1 is 1.03 bits per heavy atom. The van der Waals surface area contributed by atoms with Gasteiger partial charge in [-0.25, -0.2) is 8.42 Å². The molecule has 0 bridgehead atoms. The molecule has 180 valence electrons. The number of amides is 1. The first-order chi connectivity index (χ1) is 15.8. The zero-order valence-electron chi connectivity index (χ0n) is 19.6. The number of morpholine rings is 1. The van der Waals surface area contributed by atoms with Crippen LogP contribution in [0.1, 0.15) is 36.2 Å². The van der Waals surface area contributed by atoms with E-state index in [2.05, 4.69) is 12.1 Å². The highest BCUT2D eigenvalue weighted by atomic mass is 32.2. The van der Waals surface area contributed by atoms with E-state index < -0.39 is 10.0 Å². The summed E-state index contributed by atoms with van der Waals surface area (Å²) in [5.74, 6) is -0.127. The molecular weight excluding hydrogens is 440 g/mol. The monoisotopic (exact) mass is 474 g/mol. The molecule has 2 unspecified atom stereocenters. The third-order valence-corrected chi connectivity index (χ3v) is 7.56. The minimum Gasteiger partial charge on any atom is -0.383 e. The van der Waals surface area contributed by atoms with Crippen molar-refractivity contribution >= 4 is 15.9 Å². The second-order valence-electron chi connectivity index (χ2n) is 8.48. The van der Waals surface area contributed by atoms with E-state index in [4.69, 9.17) is 9.47 Å². The SMILES string of the molecule is COCCN(CCCc1ccccc1)C(=O)c1ccc(S(=O)(=O)N2CC(C)OC(C)C2)cc1. The number of hydrogen-bond donors (Lipinski definition) is 0. The van der Waals surface area contributed by atoms with Gasteiger partial charge in [0.05, 0.1) is 23.7 Å². The standard InChI is InChI=1S/C25H34N2O5S/c1-20-18-27(19-21(2)32-20)33(29,30)24-13-11-23(12-14-24)25(28)26(16-17-31-3)15-7-10-22-8-5-4-6-9-22/h4-6,8-9,11-14,20-21H,7,10,15-19H2,1-3H3. The Morgan fingerprint density at radius 2 is 1.67 bits per heavy atom. The first kappa shape index (κ1) is 25.4. The molecule has 0 saturated carbocycles. The zero-order chi connectivity index (χ0) is 23.8. The number of benzene rings is 2. The molecule has 0 aliphatic carbocycles. The molecule has 1 aliphatic heterocycles. The van der Waals surface area contributed by atoms with Crippen molar-refractivity contribution in [3.8, 4) is 0 Å². The van der Waals surface area contributed by atoms with Gasteiger partial charge in [0.15, 0.2) is 0 Å². The van der Waals surface area contributed by atoms with Crippen LogP contribution in [0.15, 0.2) is 59.5 Å². The lowest BCUT2D eigenvalue weighted by Crippen LogP contribution is -2.48. The Morgan fingerprint density at radius 3 is 2.27 bits per heavy atom. The molecule has 7 nitrogen and oxygen atoms in total. The van der Waals surface area contributed by atoms with Crippen LogP contribution in [0.4, 0.5) is 0 Å². The molecule has 1 fully saturated rings. The van der Waals surface area contributed by atoms with Gasteiger partial charge in [0, 0.05) is 38.9 Å². The van der Waals surface area contributed by atoms with Crippen molar-refractivity contribution in [1.82, 2.24) is 9.21 Å². The number of carbonyl (C=O) groups excluding carboxylic acids is 1. The lowest BCUT2D eigenvalue weighted by atomic mass is 10.1. The van der Waals surface area contributed by atoms with Crippen LogP contribution < -0.4 is 0 Å². The molecule has 1 heterocycles. The third kappa shape index (κ3) is 6.86. The molecule has 0 N–H and O–H groups in total. The molecular formula is C25H34N2O5S. The Labute approximate surface area is 197 Å². The van der Waals surface area contributed by atoms with Crippen LogP contribution in [0.3, 0.4) is 0 Å². The van der Waals surface area contributed by atoms with E-state index >= 15 is 0 Å². The van der Waals surface area contributed by atoms with E-state index in [0.29, 0.717) is 38.3 Å². The van der Waals surface area contributed by atoms with E-state index in [1.54, 1.807) is 24.1 Å². The maximum Gasteiger partial charge on any atom is 0.253 e. The minimum absolute atomic E-state index is 0.127. The number of carbonyl (C=O) groups is 1. The highest BCUT2D eigenvalue weighted by Crippen LogP contribution is 2.22. The van der Waals surface area contributed by atoms with E-state index in [0.717, 1.165) is 12.8 Å².